The van der Waals surface area contributed by atoms with Crippen LogP contribution in [0.15, 0.2) is 16.6 Å². The lowest BCUT2D eigenvalue weighted by atomic mass is 10.2. The molecule has 0 atom stereocenters. The Morgan fingerprint density at radius 3 is 2.62 bits per heavy atom. The van der Waals surface area contributed by atoms with E-state index in [-0.39, 0.29) is 11.4 Å². The van der Waals surface area contributed by atoms with E-state index in [4.69, 9.17) is 0 Å². The van der Waals surface area contributed by atoms with Crippen molar-refractivity contribution in [1.29, 1.82) is 0 Å². The molecule has 0 bridgehead atoms. The topological polar surface area (TPSA) is 55.2 Å². The van der Waals surface area contributed by atoms with E-state index in [1.54, 1.807) is 0 Å². The van der Waals surface area contributed by atoms with E-state index in [9.17, 15) is 14.5 Å². The Bertz CT molecular complexity index is 333. The third-order valence-corrected chi connectivity index (χ3v) is 2.11. The van der Waals surface area contributed by atoms with Crippen molar-refractivity contribution in [3.63, 3.8) is 0 Å². The van der Waals surface area contributed by atoms with E-state index in [0.29, 0.717) is 4.47 Å². The van der Waals surface area contributed by atoms with Crippen LogP contribution < -0.4 is 5.32 Å². The second-order valence-corrected chi connectivity index (χ2v) is 3.15. The number of non-ortho nitro benzene ring substituents is 1. The molecule has 6 heteroatoms. The highest BCUT2D eigenvalue weighted by Gasteiger charge is 2.13. The van der Waals surface area contributed by atoms with E-state index in [1.807, 2.05) is 0 Å². The van der Waals surface area contributed by atoms with Crippen molar-refractivity contribution < 1.29 is 9.31 Å². The maximum atomic E-state index is 13.1. The predicted octanol–water partition coefficient (Wildman–Crippen LogP) is 2.54. The first kappa shape index (κ1) is 9.91. The van der Waals surface area contributed by atoms with Crippen molar-refractivity contribution in [2.75, 3.05) is 12.4 Å². The molecule has 0 aliphatic carbocycles. The average Bonchev–Trinajstić information content (AvgIpc) is 2.03. The molecule has 1 rings (SSSR count). The monoisotopic (exact) mass is 248 g/mol. The van der Waals surface area contributed by atoms with Crippen molar-refractivity contribution in [2.24, 2.45) is 0 Å². The second-order valence-electron chi connectivity index (χ2n) is 2.29. The molecule has 0 saturated heterocycles. The lowest BCUT2D eigenvalue weighted by Gasteiger charge is -2.04. The number of benzene rings is 1. The van der Waals surface area contributed by atoms with Gasteiger partial charge in [-0.05, 0) is 15.9 Å². The van der Waals surface area contributed by atoms with Gasteiger partial charge in [0, 0.05) is 13.1 Å². The Balaban J connectivity index is 3.28. The summed E-state index contributed by atoms with van der Waals surface area (Å²) in [5.74, 6) is -0.649. The third kappa shape index (κ3) is 1.95. The molecule has 0 amide bonds. The molecule has 0 aliphatic heterocycles. The van der Waals surface area contributed by atoms with Crippen LogP contribution in [0.1, 0.15) is 0 Å². The summed E-state index contributed by atoms with van der Waals surface area (Å²) in [5, 5.41) is 12.9. The number of nitrogens with one attached hydrogen (secondary N) is 1. The number of anilines is 1. The van der Waals surface area contributed by atoms with Crippen LogP contribution in [-0.2, 0) is 0 Å². The molecule has 0 heterocycles. The van der Waals surface area contributed by atoms with Gasteiger partial charge in [0.05, 0.1) is 21.1 Å². The van der Waals surface area contributed by atoms with Crippen molar-refractivity contribution >= 4 is 27.3 Å². The molecule has 1 N–H and O–H groups in total. The molecule has 0 fully saturated rings. The van der Waals surface area contributed by atoms with Crippen molar-refractivity contribution in [3.8, 4) is 0 Å². The van der Waals surface area contributed by atoms with Crippen molar-refractivity contribution in [3.05, 3.63) is 32.5 Å². The van der Waals surface area contributed by atoms with Crippen LogP contribution in [0, 0.1) is 15.9 Å². The standard InChI is InChI=1S/C7H6BrFN2O2/c1-10-7-5(8)2-4(11(12)13)3-6(7)9/h2-3,10H,1H3. The van der Waals surface area contributed by atoms with Gasteiger partial charge in [-0.3, -0.25) is 10.1 Å². The summed E-state index contributed by atoms with van der Waals surface area (Å²) in [6.45, 7) is 0. The molecule has 0 saturated carbocycles. The normalized spacial score (nSPS) is 9.77. The first-order valence-electron chi connectivity index (χ1n) is 3.37. The molecule has 4 nitrogen and oxygen atoms in total. The fourth-order valence-electron chi connectivity index (χ4n) is 0.904. The molecular formula is C7H6BrFN2O2. The molecule has 1 aromatic rings. The molecule has 1 aromatic carbocycles. The largest absolute Gasteiger partial charge is 0.385 e. The summed E-state index contributed by atoms with van der Waals surface area (Å²) in [7, 11) is 1.54. The summed E-state index contributed by atoms with van der Waals surface area (Å²) >= 11 is 3.02. The molecule has 0 radical (unpaired) electrons. The number of nitro benzene ring substituents is 1. The zero-order chi connectivity index (χ0) is 10.0. The van der Waals surface area contributed by atoms with Crippen molar-refractivity contribution in [1.82, 2.24) is 0 Å². The molecule has 0 unspecified atom stereocenters. The highest BCUT2D eigenvalue weighted by atomic mass is 79.9. The summed E-state index contributed by atoms with van der Waals surface area (Å²) in [5.41, 5.74) is -0.0611. The van der Waals surface area contributed by atoms with Crippen LogP contribution in [0.4, 0.5) is 15.8 Å². The predicted molar refractivity (Wildman–Crippen MR) is 50.3 cm³/mol. The van der Waals surface area contributed by atoms with Crippen LogP contribution in [0.25, 0.3) is 0 Å². The quantitative estimate of drug-likeness (QED) is 0.647. The van der Waals surface area contributed by atoms with Crippen LogP contribution >= 0.6 is 15.9 Å². The average molecular weight is 249 g/mol. The summed E-state index contributed by atoms with van der Waals surface area (Å²) in [4.78, 5) is 9.66. The number of halogens is 2. The summed E-state index contributed by atoms with van der Waals surface area (Å²) in [6.07, 6.45) is 0. The lowest BCUT2D eigenvalue weighted by Crippen LogP contribution is -1.96. The van der Waals surface area contributed by atoms with Gasteiger partial charge in [-0.2, -0.15) is 0 Å². The van der Waals surface area contributed by atoms with Gasteiger partial charge in [0.15, 0.2) is 5.82 Å². The Hall–Kier alpha value is -1.17. The Morgan fingerprint density at radius 2 is 2.23 bits per heavy atom. The van der Waals surface area contributed by atoms with Gasteiger partial charge in [0.2, 0.25) is 0 Å². The smallest absolute Gasteiger partial charge is 0.273 e. The Labute approximate surface area is 82.0 Å². The highest BCUT2D eigenvalue weighted by molar-refractivity contribution is 9.10. The maximum Gasteiger partial charge on any atom is 0.273 e. The Morgan fingerprint density at radius 1 is 1.62 bits per heavy atom. The molecular weight excluding hydrogens is 243 g/mol. The van der Waals surface area contributed by atoms with E-state index >= 15 is 0 Å². The maximum absolute atomic E-state index is 13.1. The van der Waals surface area contributed by atoms with Gasteiger partial charge >= 0.3 is 0 Å². The number of hydrogen-bond donors (Lipinski definition) is 1. The molecule has 0 aromatic heterocycles. The molecule has 0 spiro atoms. The SMILES string of the molecule is CNc1c(F)cc([N+](=O)[O-])cc1Br. The van der Waals surface area contributed by atoms with Gasteiger partial charge in [0.1, 0.15) is 0 Å². The van der Waals surface area contributed by atoms with E-state index < -0.39 is 10.7 Å². The Kier molecular flexibility index (Phi) is 2.82. The number of hydrogen-bond acceptors (Lipinski definition) is 3. The minimum absolute atomic E-state index is 0.214. The van der Waals surface area contributed by atoms with Crippen LogP contribution in [0.5, 0.6) is 0 Å². The number of nitro groups is 1. The number of nitrogens with zero attached hydrogens (tertiary/aromatic N) is 1. The summed E-state index contributed by atoms with van der Waals surface area (Å²) < 4.78 is 13.4. The fraction of sp³-hybridized carbons (Fsp3) is 0.143. The van der Waals surface area contributed by atoms with Crippen molar-refractivity contribution in [2.45, 2.75) is 0 Å². The lowest BCUT2D eigenvalue weighted by molar-refractivity contribution is -0.385. The zero-order valence-electron chi connectivity index (χ0n) is 6.67. The molecule has 0 aliphatic rings. The van der Waals surface area contributed by atoms with Gasteiger partial charge in [-0.15, -0.1) is 0 Å². The van der Waals surface area contributed by atoms with Crippen LogP contribution in [-0.4, -0.2) is 12.0 Å². The van der Waals surface area contributed by atoms with E-state index in [1.165, 1.54) is 13.1 Å². The third-order valence-electron chi connectivity index (χ3n) is 1.49. The zero-order valence-corrected chi connectivity index (χ0v) is 8.26. The van der Waals surface area contributed by atoms with Gasteiger partial charge < -0.3 is 5.32 Å². The first-order valence-corrected chi connectivity index (χ1v) is 4.16. The first-order chi connectivity index (χ1) is 6.06. The van der Waals surface area contributed by atoms with Gasteiger partial charge in [-0.25, -0.2) is 4.39 Å². The fourth-order valence-corrected chi connectivity index (χ4v) is 1.53. The van der Waals surface area contributed by atoms with Gasteiger partial charge in [0.25, 0.3) is 5.69 Å². The number of rotatable bonds is 2. The van der Waals surface area contributed by atoms with Gasteiger partial charge in [-0.1, -0.05) is 0 Å². The minimum atomic E-state index is -0.649. The van der Waals surface area contributed by atoms with Crippen LogP contribution in [0.2, 0.25) is 0 Å². The summed E-state index contributed by atoms with van der Waals surface area (Å²) in [6, 6.07) is 2.12. The van der Waals surface area contributed by atoms with Crippen LogP contribution in [0.3, 0.4) is 0 Å². The highest BCUT2D eigenvalue weighted by Crippen LogP contribution is 2.29. The molecule has 13 heavy (non-hydrogen) atoms. The van der Waals surface area contributed by atoms with E-state index in [0.717, 1.165) is 6.07 Å². The van der Waals surface area contributed by atoms with E-state index in [2.05, 4.69) is 21.2 Å². The molecule has 70 valence electrons. The second kappa shape index (κ2) is 3.69. The minimum Gasteiger partial charge on any atom is -0.385 e.